The molecule has 2 atom stereocenters. The van der Waals surface area contributed by atoms with E-state index in [4.69, 9.17) is 0 Å². The predicted molar refractivity (Wildman–Crippen MR) is 114 cm³/mol. The summed E-state index contributed by atoms with van der Waals surface area (Å²) in [6.45, 7) is 5.88. The first-order chi connectivity index (χ1) is 14.2. The van der Waals surface area contributed by atoms with Crippen LogP contribution in [-0.4, -0.2) is 53.6 Å². The van der Waals surface area contributed by atoms with Crippen molar-refractivity contribution in [3.63, 3.8) is 0 Å². The number of aryl methyl sites for hydroxylation is 3. The first kappa shape index (κ1) is 22.0. The van der Waals surface area contributed by atoms with Gasteiger partial charge in [0.15, 0.2) is 0 Å². The molecule has 1 saturated carbocycles. The zero-order valence-electron chi connectivity index (χ0n) is 18.3. The van der Waals surface area contributed by atoms with Crippen molar-refractivity contribution in [1.29, 1.82) is 0 Å². The highest BCUT2D eigenvalue weighted by atomic mass is 16.2. The van der Waals surface area contributed by atoms with Crippen LogP contribution in [0.3, 0.4) is 0 Å². The summed E-state index contributed by atoms with van der Waals surface area (Å²) in [6, 6.07) is 4.00. The number of anilines is 1. The normalized spacial score (nSPS) is 20.9. The zero-order chi connectivity index (χ0) is 22.0. The molecule has 1 aliphatic heterocycles. The lowest BCUT2D eigenvalue weighted by atomic mass is 9.81. The fourth-order valence-electron chi connectivity index (χ4n) is 4.71. The molecule has 1 aromatic rings. The van der Waals surface area contributed by atoms with Crippen molar-refractivity contribution in [2.24, 2.45) is 11.8 Å². The Morgan fingerprint density at radius 3 is 2.10 bits per heavy atom. The smallest absolute Gasteiger partial charge is 0.243 e. The van der Waals surface area contributed by atoms with E-state index in [0.717, 1.165) is 48.1 Å². The van der Waals surface area contributed by atoms with Gasteiger partial charge in [-0.3, -0.25) is 24.1 Å². The summed E-state index contributed by atoms with van der Waals surface area (Å²) in [5.74, 6) is -1.22. The van der Waals surface area contributed by atoms with Crippen LogP contribution in [0.5, 0.6) is 0 Å². The van der Waals surface area contributed by atoms with Crippen molar-refractivity contribution in [3.05, 3.63) is 28.8 Å². The minimum absolute atomic E-state index is 0.0310. The molecule has 1 heterocycles. The van der Waals surface area contributed by atoms with Crippen LogP contribution in [0, 0.1) is 32.6 Å². The third kappa shape index (κ3) is 4.55. The molecule has 2 aliphatic rings. The third-order valence-corrected chi connectivity index (χ3v) is 6.23. The van der Waals surface area contributed by atoms with E-state index in [-0.39, 0.29) is 55.0 Å². The summed E-state index contributed by atoms with van der Waals surface area (Å²) in [6.07, 6.45) is 3.51. The number of likely N-dealkylation sites (tertiary alicyclic amines) is 1. The molecule has 1 N–H and O–H groups in total. The molecule has 3 rings (SSSR count). The maximum atomic E-state index is 12.5. The first-order valence-electron chi connectivity index (χ1n) is 10.7. The summed E-state index contributed by atoms with van der Waals surface area (Å²) in [4.78, 5) is 52.5. The van der Waals surface area contributed by atoms with Crippen LogP contribution in [-0.2, 0) is 19.2 Å². The number of carbonyl (C=O) groups is 4. The number of carbonyl (C=O) groups excluding carboxylic acids is 4. The molecule has 1 aromatic carbocycles. The van der Waals surface area contributed by atoms with Crippen LogP contribution in [0.15, 0.2) is 12.1 Å². The number of hydrogen-bond acceptors (Lipinski definition) is 4. The molecule has 1 saturated heterocycles. The minimum Gasteiger partial charge on any atom is -0.336 e. The summed E-state index contributed by atoms with van der Waals surface area (Å²) in [5.41, 5.74) is 3.84. The molecule has 1 aliphatic carbocycles. The number of benzene rings is 1. The number of likely N-dealkylation sites (N-methyl/N-ethyl adjacent to an activating group) is 1. The molecule has 0 bridgehead atoms. The molecule has 2 fully saturated rings. The van der Waals surface area contributed by atoms with Gasteiger partial charge in [-0.15, -0.1) is 0 Å². The van der Waals surface area contributed by atoms with Crippen LogP contribution in [0.4, 0.5) is 5.69 Å². The first-order valence-corrected chi connectivity index (χ1v) is 10.7. The van der Waals surface area contributed by atoms with Gasteiger partial charge in [0, 0.05) is 25.7 Å². The molecule has 0 radical (unpaired) electrons. The highest BCUT2D eigenvalue weighted by Gasteiger charge is 2.47. The van der Waals surface area contributed by atoms with E-state index in [2.05, 4.69) is 5.32 Å². The molecule has 0 spiro atoms. The number of hydrogen-bond donors (Lipinski definition) is 1. The van der Waals surface area contributed by atoms with Gasteiger partial charge in [-0.05, 0) is 44.7 Å². The van der Waals surface area contributed by atoms with Gasteiger partial charge in [-0.25, -0.2) is 0 Å². The fourth-order valence-corrected chi connectivity index (χ4v) is 4.71. The van der Waals surface area contributed by atoms with Gasteiger partial charge in [0.05, 0.1) is 18.4 Å². The van der Waals surface area contributed by atoms with Crippen molar-refractivity contribution < 1.29 is 19.2 Å². The average Bonchev–Trinajstić information content (AvgIpc) is 2.93. The van der Waals surface area contributed by atoms with Crippen LogP contribution >= 0.6 is 0 Å². The van der Waals surface area contributed by atoms with Crippen molar-refractivity contribution >= 4 is 29.3 Å². The quantitative estimate of drug-likeness (QED) is 0.726. The van der Waals surface area contributed by atoms with Crippen molar-refractivity contribution in [2.75, 3.05) is 25.5 Å². The molecular weight excluding hydrogens is 382 g/mol. The van der Waals surface area contributed by atoms with Gasteiger partial charge in [0.1, 0.15) is 0 Å². The van der Waals surface area contributed by atoms with E-state index in [1.807, 2.05) is 32.9 Å². The SMILES string of the molecule is Cc1cc(C)c(NC(=O)CN(C)C(=O)CCN2C(=O)[C@@H]3CCCC[C@H]3C2=O)c(C)c1. The van der Waals surface area contributed by atoms with E-state index >= 15 is 0 Å². The van der Waals surface area contributed by atoms with Gasteiger partial charge in [0.2, 0.25) is 23.6 Å². The average molecular weight is 414 g/mol. The summed E-state index contributed by atoms with van der Waals surface area (Å²) in [7, 11) is 1.56. The lowest BCUT2D eigenvalue weighted by molar-refractivity contribution is -0.141. The van der Waals surface area contributed by atoms with Gasteiger partial charge >= 0.3 is 0 Å². The molecule has 30 heavy (non-hydrogen) atoms. The number of imide groups is 1. The monoisotopic (exact) mass is 413 g/mol. The number of rotatable bonds is 6. The lowest BCUT2D eigenvalue weighted by Crippen LogP contribution is -2.38. The molecule has 7 nitrogen and oxygen atoms in total. The van der Waals surface area contributed by atoms with E-state index < -0.39 is 0 Å². The Bertz CT molecular complexity index is 832. The second kappa shape index (κ2) is 8.98. The van der Waals surface area contributed by atoms with Gasteiger partial charge < -0.3 is 10.2 Å². The second-order valence-corrected chi connectivity index (χ2v) is 8.65. The number of amides is 4. The Kier molecular flexibility index (Phi) is 6.58. The summed E-state index contributed by atoms with van der Waals surface area (Å²) < 4.78 is 0. The molecule has 162 valence electrons. The van der Waals surface area contributed by atoms with Crippen LogP contribution in [0.1, 0.15) is 48.8 Å². The van der Waals surface area contributed by atoms with E-state index in [1.165, 1.54) is 9.80 Å². The summed E-state index contributed by atoms with van der Waals surface area (Å²) in [5, 5.41) is 2.89. The Morgan fingerprint density at radius 1 is 1.03 bits per heavy atom. The van der Waals surface area contributed by atoms with Crippen LogP contribution in [0.2, 0.25) is 0 Å². The number of fused-ring (bicyclic) bond motifs is 1. The van der Waals surface area contributed by atoms with Crippen LogP contribution in [0.25, 0.3) is 0 Å². The number of nitrogens with zero attached hydrogens (tertiary/aromatic N) is 2. The minimum atomic E-state index is -0.278. The largest absolute Gasteiger partial charge is 0.336 e. The standard InChI is InChI=1S/C23H31N3O4/c1-14-11-15(2)21(16(3)12-14)24-19(27)13-25(4)20(28)9-10-26-22(29)17-7-5-6-8-18(17)23(26)30/h11-12,17-18H,5-10,13H2,1-4H3,(H,24,27)/t17-,18-/m1/s1. The van der Waals surface area contributed by atoms with E-state index in [0.29, 0.717) is 0 Å². The zero-order valence-corrected chi connectivity index (χ0v) is 18.3. The highest BCUT2D eigenvalue weighted by Crippen LogP contribution is 2.38. The second-order valence-electron chi connectivity index (χ2n) is 8.65. The fraction of sp³-hybridized carbons (Fsp3) is 0.565. The van der Waals surface area contributed by atoms with E-state index in [1.54, 1.807) is 7.05 Å². The molecule has 7 heteroatoms. The molecule has 0 unspecified atom stereocenters. The molecule has 0 aromatic heterocycles. The molecular formula is C23H31N3O4. The molecule has 4 amide bonds. The third-order valence-electron chi connectivity index (χ3n) is 6.23. The summed E-state index contributed by atoms with van der Waals surface area (Å²) >= 11 is 0. The maximum Gasteiger partial charge on any atom is 0.243 e. The van der Waals surface area contributed by atoms with Gasteiger partial charge in [-0.1, -0.05) is 30.5 Å². The van der Waals surface area contributed by atoms with Crippen molar-refractivity contribution in [2.45, 2.75) is 52.9 Å². The lowest BCUT2D eigenvalue weighted by Gasteiger charge is -2.20. The van der Waals surface area contributed by atoms with Crippen molar-refractivity contribution in [1.82, 2.24) is 9.80 Å². The van der Waals surface area contributed by atoms with E-state index in [9.17, 15) is 19.2 Å². The Balaban J connectivity index is 1.52. The highest BCUT2D eigenvalue weighted by molar-refractivity contribution is 6.05. The van der Waals surface area contributed by atoms with Gasteiger partial charge in [-0.2, -0.15) is 0 Å². The Labute approximate surface area is 177 Å². The van der Waals surface area contributed by atoms with Crippen molar-refractivity contribution in [3.8, 4) is 0 Å². The van der Waals surface area contributed by atoms with Gasteiger partial charge in [0.25, 0.3) is 0 Å². The predicted octanol–water partition coefficient (Wildman–Crippen LogP) is 2.57. The number of nitrogens with one attached hydrogen (secondary N) is 1. The Hall–Kier alpha value is -2.70. The topological polar surface area (TPSA) is 86.8 Å². The maximum absolute atomic E-state index is 12.5. The van der Waals surface area contributed by atoms with Crippen LogP contribution < -0.4 is 5.32 Å². The Morgan fingerprint density at radius 2 is 1.57 bits per heavy atom.